The summed E-state index contributed by atoms with van der Waals surface area (Å²) in [5.74, 6) is -0.161. The Morgan fingerprint density at radius 2 is 0.907 bits per heavy atom. The van der Waals surface area contributed by atoms with E-state index in [4.69, 9.17) is 9.05 Å². The standard InChI is InChI=1S/C45H93N2O6P/c1-6-8-10-12-14-16-18-19-20-21-22-23-24-25-26-27-29-31-33-35-37-39-45(49)46-43(42-53-54(50,51)52-41-40-47(3,4)5)44(48)38-36-34-32-30-28-17-15-13-11-9-7-2/h43-44,48H,6-42H2,1-5H3,(H-,46,49,50,51)/t43-,44+/m0/s1. The summed E-state index contributed by atoms with van der Waals surface area (Å²) in [7, 11) is 1.32. The molecule has 0 aliphatic rings. The molecule has 0 aromatic rings. The fraction of sp³-hybridized carbons (Fsp3) is 0.978. The van der Waals surface area contributed by atoms with Crippen LogP contribution in [0.25, 0.3) is 0 Å². The van der Waals surface area contributed by atoms with E-state index in [1.165, 1.54) is 167 Å². The van der Waals surface area contributed by atoms with Gasteiger partial charge < -0.3 is 28.8 Å². The van der Waals surface area contributed by atoms with Crippen molar-refractivity contribution < 1.29 is 32.9 Å². The number of carbonyl (C=O) groups is 1. The summed E-state index contributed by atoms with van der Waals surface area (Å²) in [6.07, 6.45) is 41.1. The number of phosphoric acid groups is 1. The minimum absolute atomic E-state index is 0.0159. The normalized spacial score (nSPS) is 14.3. The fourth-order valence-electron chi connectivity index (χ4n) is 7.10. The Morgan fingerprint density at radius 3 is 1.26 bits per heavy atom. The topological polar surface area (TPSA) is 108 Å². The molecule has 9 heteroatoms. The summed E-state index contributed by atoms with van der Waals surface area (Å²) in [5.41, 5.74) is 0. The van der Waals surface area contributed by atoms with E-state index in [0.29, 0.717) is 23.9 Å². The Balaban J connectivity index is 4.19. The summed E-state index contributed by atoms with van der Waals surface area (Å²) in [4.78, 5) is 25.3. The van der Waals surface area contributed by atoms with Crippen LogP contribution in [0, 0.1) is 0 Å². The van der Waals surface area contributed by atoms with Crippen molar-refractivity contribution >= 4 is 13.7 Å². The molecule has 0 bridgehead atoms. The smallest absolute Gasteiger partial charge is 0.268 e. The van der Waals surface area contributed by atoms with E-state index in [-0.39, 0.29) is 19.1 Å². The Bertz CT molecular complexity index is 855. The van der Waals surface area contributed by atoms with Gasteiger partial charge in [0, 0.05) is 6.42 Å². The Labute approximate surface area is 336 Å². The number of unbranched alkanes of at least 4 members (excludes halogenated alkanes) is 30. The van der Waals surface area contributed by atoms with E-state index in [9.17, 15) is 19.4 Å². The van der Waals surface area contributed by atoms with Crippen LogP contribution in [0.4, 0.5) is 0 Å². The zero-order chi connectivity index (χ0) is 40.0. The predicted molar refractivity (Wildman–Crippen MR) is 229 cm³/mol. The largest absolute Gasteiger partial charge is 0.756 e. The van der Waals surface area contributed by atoms with Gasteiger partial charge in [0.25, 0.3) is 7.82 Å². The maximum absolute atomic E-state index is 12.9. The van der Waals surface area contributed by atoms with E-state index >= 15 is 0 Å². The van der Waals surface area contributed by atoms with Gasteiger partial charge in [-0.25, -0.2) is 0 Å². The van der Waals surface area contributed by atoms with Crippen LogP contribution in [-0.4, -0.2) is 68.5 Å². The molecule has 0 aliphatic carbocycles. The number of aliphatic hydroxyl groups excluding tert-OH is 1. The molecule has 0 aromatic heterocycles. The first-order chi connectivity index (χ1) is 26.0. The van der Waals surface area contributed by atoms with Crippen LogP contribution >= 0.6 is 7.82 Å². The monoisotopic (exact) mass is 789 g/mol. The van der Waals surface area contributed by atoms with Gasteiger partial charge in [-0.05, 0) is 12.8 Å². The number of aliphatic hydroxyl groups is 1. The maximum atomic E-state index is 12.9. The molecule has 0 aromatic carbocycles. The van der Waals surface area contributed by atoms with Gasteiger partial charge in [0.15, 0.2) is 0 Å². The molecule has 0 radical (unpaired) electrons. The first-order valence-corrected chi connectivity index (χ1v) is 24.8. The molecule has 324 valence electrons. The van der Waals surface area contributed by atoms with E-state index in [1.807, 2.05) is 21.1 Å². The third-order valence-corrected chi connectivity index (χ3v) is 11.8. The second kappa shape index (κ2) is 38.0. The third kappa shape index (κ3) is 39.7. The molecule has 0 saturated carbocycles. The molecule has 0 saturated heterocycles. The molecule has 8 nitrogen and oxygen atoms in total. The molecule has 0 spiro atoms. The van der Waals surface area contributed by atoms with Crippen molar-refractivity contribution in [1.29, 1.82) is 0 Å². The zero-order valence-corrected chi connectivity index (χ0v) is 37.6. The Kier molecular flexibility index (Phi) is 37.7. The van der Waals surface area contributed by atoms with Crippen molar-refractivity contribution in [2.24, 2.45) is 0 Å². The van der Waals surface area contributed by atoms with Crippen molar-refractivity contribution in [3.63, 3.8) is 0 Å². The Morgan fingerprint density at radius 1 is 0.574 bits per heavy atom. The van der Waals surface area contributed by atoms with Gasteiger partial charge in [0.05, 0.1) is 39.9 Å². The highest BCUT2D eigenvalue weighted by molar-refractivity contribution is 7.45. The van der Waals surface area contributed by atoms with Gasteiger partial charge in [0.2, 0.25) is 5.91 Å². The van der Waals surface area contributed by atoms with Gasteiger partial charge in [-0.3, -0.25) is 9.36 Å². The van der Waals surface area contributed by atoms with Crippen molar-refractivity contribution in [2.75, 3.05) is 40.9 Å². The number of rotatable bonds is 43. The van der Waals surface area contributed by atoms with Gasteiger partial charge in [-0.1, -0.05) is 213 Å². The average molecular weight is 789 g/mol. The lowest BCUT2D eigenvalue weighted by Gasteiger charge is -2.30. The molecule has 1 amide bonds. The van der Waals surface area contributed by atoms with Crippen molar-refractivity contribution in [3.05, 3.63) is 0 Å². The number of nitrogens with zero attached hydrogens (tertiary/aromatic N) is 1. The van der Waals surface area contributed by atoms with E-state index in [1.54, 1.807) is 0 Å². The first-order valence-electron chi connectivity index (χ1n) is 23.4. The molecular weight excluding hydrogens is 695 g/mol. The molecule has 0 rings (SSSR count). The average Bonchev–Trinajstić information content (AvgIpc) is 3.12. The highest BCUT2D eigenvalue weighted by Crippen LogP contribution is 2.38. The van der Waals surface area contributed by atoms with Crippen molar-refractivity contribution in [1.82, 2.24) is 5.32 Å². The molecule has 1 unspecified atom stereocenters. The van der Waals surface area contributed by atoms with Crippen molar-refractivity contribution in [3.8, 4) is 0 Å². The van der Waals surface area contributed by atoms with Crippen LogP contribution in [0.5, 0.6) is 0 Å². The predicted octanol–water partition coefficient (Wildman–Crippen LogP) is 12.3. The van der Waals surface area contributed by atoms with Gasteiger partial charge >= 0.3 is 0 Å². The fourth-order valence-corrected chi connectivity index (χ4v) is 7.82. The highest BCUT2D eigenvalue weighted by Gasteiger charge is 2.24. The van der Waals surface area contributed by atoms with E-state index < -0.39 is 20.0 Å². The van der Waals surface area contributed by atoms with Gasteiger partial charge in [-0.2, -0.15) is 0 Å². The molecule has 0 fully saturated rings. The molecular formula is C45H93N2O6P. The lowest BCUT2D eigenvalue weighted by atomic mass is 10.0. The summed E-state index contributed by atoms with van der Waals surface area (Å²) in [6.45, 7) is 4.73. The number of nitrogens with one attached hydrogen (secondary N) is 1. The zero-order valence-electron chi connectivity index (χ0n) is 36.7. The number of likely N-dealkylation sites (N-methyl/N-ethyl adjacent to an activating group) is 1. The lowest BCUT2D eigenvalue weighted by molar-refractivity contribution is -0.870. The number of hydrogen-bond donors (Lipinski definition) is 2. The second-order valence-electron chi connectivity index (χ2n) is 17.5. The number of amides is 1. The molecule has 54 heavy (non-hydrogen) atoms. The second-order valence-corrected chi connectivity index (χ2v) is 18.9. The third-order valence-electron chi connectivity index (χ3n) is 10.8. The van der Waals surface area contributed by atoms with Gasteiger partial charge in [0.1, 0.15) is 13.2 Å². The minimum atomic E-state index is -4.55. The van der Waals surface area contributed by atoms with Gasteiger partial charge in [-0.15, -0.1) is 0 Å². The molecule has 3 atom stereocenters. The number of phosphoric ester groups is 1. The number of hydrogen-bond acceptors (Lipinski definition) is 6. The summed E-state index contributed by atoms with van der Waals surface area (Å²) in [5, 5.41) is 13.9. The van der Waals surface area contributed by atoms with Crippen LogP contribution in [0.15, 0.2) is 0 Å². The lowest BCUT2D eigenvalue weighted by Crippen LogP contribution is -2.46. The first kappa shape index (κ1) is 53.5. The molecule has 0 aliphatic heterocycles. The number of carbonyl (C=O) groups excluding carboxylic acids is 1. The molecule has 2 N–H and O–H groups in total. The Hall–Kier alpha value is -0.500. The van der Waals surface area contributed by atoms with Crippen molar-refractivity contribution in [2.45, 2.75) is 244 Å². The maximum Gasteiger partial charge on any atom is 0.268 e. The number of quaternary nitrogens is 1. The SMILES string of the molecule is CCCCCCCCCCCCCCCCCCCCCCCC(=O)N[C@@H](COP(=O)([O-])OCC[N+](C)(C)C)[C@H](O)CCCCCCCCCCCCC. The minimum Gasteiger partial charge on any atom is -0.756 e. The highest BCUT2D eigenvalue weighted by atomic mass is 31.2. The van der Waals surface area contributed by atoms with E-state index in [0.717, 1.165) is 38.5 Å². The summed E-state index contributed by atoms with van der Waals surface area (Å²) >= 11 is 0. The summed E-state index contributed by atoms with van der Waals surface area (Å²) < 4.78 is 23.2. The van der Waals surface area contributed by atoms with Crippen LogP contribution in [0.1, 0.15) is 232 Å². The van der Waals surface area contributed by atoms with Crippen LogP contribution in [-0.2, 0) is 18.4 Å². The van der Waals surface area contributed by atoms with Crippen LogP contribution in [0.3, 0.4) is 0 Å². The van der Waals surface area contributed by atoms with E-state index in [2.05, 4.69) is 19.2 Å². The summed E-state index contributed by atoms with van der Waals surface area (Å²) in [6, 6.07) is -0.792. The quantitative estimate of drug-likeness (QED) is 0.0362. The van der Waals surface area contributed by atoms with Crippen LogP contribution < -0.4 is 10.2 Å². The van der Waals surface area contributed by atoms with Crippen LogP contribution in [0.2, 0.25) is 0 Å². The molecule has 0 heterocycles.